The van der Waals surface area contributed by atoms with Crippen LogP contribution in [0.1, 0.15) is 63.8 Å². The van der Waals surface area contributed by atoms with Gasteiger partial charge in [0, 0.05) is 12.2 Å². The van der Waals surface area contributed by atoms with E-state index in [0.29, 0.717) is 22.9 Å². The number of hydrogen-bond donors (Lipinski definition) is 1. The van der Waals surface area contributed by atoms with Gasteiger partial charge in [0.2, 0.25) is 0 Å². The molecule has 2 fully saturated rings. The second kappa shape index (κ2) is 4.07. The fraction of sp³-hybridized carbons (Fsp3) is 0.722. The molecule has 0 aromatic carbocycles. The fourth-order valence-electron chi connectivity index (χ4n) is 5.27. The maximum atomic E-state index is 4.64. The Bertz CT molecular complexity index is 536. The van der Waals surface area contributed by atoms with E-state index < -0.39 is 0 Å². The van der Waals surface area contributed by atoms with Crippen LogP contribution in [0.15, 0.2) is 18.3 Å². The summed E-state index contributed by atoms with van der Waals surface area (Å²) >= 11 is 0. The van der Waals surface area contributed by atoms with E-state index in [2.05, 4.69) is 43.2 Å². The molecule has 1 aromatic rings. The van der Waals surface area contributed by atoms with E-state index in [0.717, 1.165) is 5.92 Å². The highest BCUT2D eigenvalue weighted by molar-refractivity contribution is 5.28. The molecule has 108 valence electrons. The van der Waals surface area contributed by atoms with E-state index in [1.165, 1.54) is 43.4 Å². The number of fused-ring (bicyclic) bond motifs is 3. The Morgan fingerprint density at radius 1 is 1.25 bits per heavy atom. The first-order valence-electron chi connectivity index (χ1n) is 8.22. The molecule has 4 unspecified atom stereocenters. The molecule has 2 nitrogen and oxygen atoms in total. The van der Waals surface area contributed by atoms with Crippen molar-refractivity contribution in [1.29, 1.82) is 0 Å². The minimum atomic E-state index is 0.467. The molecule has 0 radical (unpaired) electrons. The number of rotatable bonds is 2. The molecule has 3 aliphatic rings. The molecule has 1 N–H and O–H groups in total. The lowest BCUT2D eigenvalue weighted by Gasteiger charge is -2.40. The third-order valence-corrected chi connectivity index (χ3v) is 7.15. The molecule has 2 saturated carbocycles. The van der Waals surface area contributed by atoms with Crippen molar-refractivity contribution in [3.63, 3.8) is 0 Å². The van der Waals surface area contributed by atoms with Crippen molar-refractivity contribution in [3.05, 3.63) is 29.6 Å². The van der Waals surface area contributed by atoms with Crippen molar-refractivity contribution in [3.8, 4) is 0 Å². The summed E-state index contributed by atoms with van der Waals surface area (Å²) in [7, 11) is 0. The molecule has 4 rings (SSSR count). The molecule has 1 aromatic heterocycles. The van der Waals surface area contributed by atoms with Gasteiger partial charge in [-0.1, -0.05) is 26.8 Å². The predicted molar refractivity (Wildman–Crippen MR) is 81.5 cm³/mol. The third-order valence-electron chi connectivity index (χ3n) is 7.15. The van der Waals surface area contributed by atoms with Crippen LogP contribution in [0.3, 0.4) is 0 Å². The van der Waals surface area contributed by atoms with Gasteiger partial charge in [0.05, 0.1) is 11.7 Å². The zero-order valence-corrected chi connectivity index (χ0v) is 12.9. The van der Waals surface area contributed by atoms with Crippen LogP contribution in [0, 0.1) is 16.7 Å². The summed E-state index contributed by atoms with van der Waals surface area (Å²) < 4.78 is 0. The molecule has 2 heteroatoms. The maximum Gasteiger partial charge on any atom is 0.0605 e. The largest absolute Gasteiger partial charge is 0.305 e. The van der Waals surface area contributed by atoms with Gasteiger partial charge >= 0.3 is 0 Å². The number of pyridine rings is 1. The summed E-state index contributed by atoms with van der Waals surface area (Å²) in [6.45, 7) is 7.51. The lowest BCUT2D eigenvalue weighted by molar-refractivity contribution is 0.115. The number of nitrogens with one attached hydrogen (secondary N) is 1. The lowest BCUT2D eigenvalue weighted by atomic mass is 9.69. The summed E-state index contributed by atoms with van der Waals surface area (Å²) in [5.41, 5.74) is 3.74. The lowest BCUT2D eigenvalue weighted by Crippen LogP contribution is -2.45. The highest BCUT2D eigenvalue weighted by Crippen LogP contribution is 2.65. The van der Waals surface area contributed by atoms with E-state index in [1.54, 1.807) is 0 Å². The SMILES string of the molecule is CC1(C)C2CCC1(C)C(NC1CCc3cccnc31)C2. The molecule has 0 saturated heterocycles. The second-order valence-corrected chi connectivity index (χ2v) is 7.97. The van der Waals surface area contributed by atoms with E-state index >= 15 is 0 Å². The smallest absolute Gasteiger partial charge is 0.0605 e. The number of nitrogens with zero attached hydrogens (tertiary/aromatic N) is 1. The molecule has 3 aliphatic carbocycles. The Kier molecular flexibility index (Phi) is 2.61. The Morgan fingerprint density at radius 3 is 2.80 bits per heavy atom. The minimum Gasteiger partial charge on any atom is -0.305 e. The van der Waals surface area contributed by atoms with Gasteiger partial charge in [-0.05, 0) is 60.5 Å². The zero-order valence-electron chi connectivity index (χ0n) is 12.9. The van der Waals surface area contributed by atoms with Gasteiger partial charge < -0.3 is 5.32 Å². The van der Waals surface area contributed by atoms with Crippen molar-refractivity contribution in [2.45, 2.75) is 65.0 Å². The molecule has 0 amide bonds. The Balaban J connectivity index is 1.58. The molecule has 0 aliphatic heterocycles. The molecular weight excluding hydrogens is 244 g/mol. The first kappa shape index (κ1) is 12.8. The van der Waals surface area contributed by atoms with Crippen LogP contribution in [-0.4, -0.2) is 11.0 Å². The molecule has 20 heavy (non-hydrogen) atoms. The van der Waals surface area contributed by atoms with Crippen LogP contribution in [0.4, 0.5) is 0 Å². The second-order valence-electron chi connectivity index (χ2n) is 7.97. The average molecular weight is 270 g/mol. The van der Waals surface area contributed by atoms with Gasteiger partial charge in [-0.2, -0.15) is 0 Å². The van der Waals surface area contributed by atoms with Crippen molar-refractivity contribution in [2.24, 2.45) is 16.7 Å². The van der Waals surface area contributed by atoms with Gasteiger partial charge in [0.25, 0.3) is 0 Å². The first-order valence-corrected chi connectivity index (χ1v) is 8.22. The van der Waals surface area contributed by atoms with Gasteiger partial charge in [-0.15, -0.1) is 0 Å². The summed E-state index contributed by atoms with van der Waals surface area (Å²) in [4.78, 5) is 4.64. The van der Waals surface area contributed by atoms with Crippen molar-refractivity contribution in [1.82, 2.24) is 10.3 Å². The molecule has 1 heterocycles. The molecule has 0 spiro atoms. The minimum absolute atomic E-state index is 0.467. The zero-order chi connectivity index (χ0) is 14.0. The third kappa shape index (κ3) is 1.52. The highest BCUT2D eigenvalue weighted by Gasteiger charge is 2.61. The fourth-order valence-corrected chi connectivity index (χ4v) is 5.27. The van der Waals surface area contributed by atoms with Gasteiger partial charge in [0.15, 0.2) is 0 Å². The summed E-state index contributed by atoms with van der Waals surface area (Å²) in [6.07, 6.45) is 8.56. The van der Waals surface area contributed by atoms with Crippen LogP contribution in [0.5, 0.6) is 0 Å². The standard InChI is InChI=1S/C18H26N2/c1-17(2)13-8-9-18(17,3)15(11-13)20-14-7-6-12-5-4-10-19-16(12)14/h4-5,10,13-15,20H,6-9,11H2,1-3H3. The van der Waals surface area contributed by atoms with E-state index in [1.807, 2.05) is 6.20 Å². The topological polar surface area (TPSA) is 24.9 Å². The van der Waals surface area contributed by atoms with E-state index in [9.17, 15) is 0 Å². The van der Waals surface area contributed by atoms with Crippen LogP contribution in [0.25, 0.3) is 0 Å². The first-order chi connectivity index (χ1) is 9.52. The quantitative estimate of drug-likeness (QED) is 0.882. The Hall–Kier alpha value is -0.890. The highest BCUT2D eigenvalue weighted by atomic mass is 15.0. The van der Waals surface area contributed by atoms with Crippen molar-refractivity contribution in [2.75, 3.05) is 0 Å². The molecule has 2 bridgehead atoms. The number of aryl methyl sites for hydroxylation is 1. The Labute approximate surface area is 122 Å². The maximum absolute atomic E-state index is 4.64. The van der Waals surface area contributed by atoms with Gasteiger partial charge in [0.1, 0.15) is 0 Å². The number of aromatic nitrogens is 1. The monoisotopic (exact) mass is 270 g/mol. The summed E-state index contributed by atoms with van der Waals surface area (Å²) in [6, 6.07) is 5.48. The average Bonchev–Trinajstić information content (AvgIpc) is 2.99. The number of hydrogen-bond acceptors (Lipinski definition) is 2. The molecule has 4 atom stereocenters. The Morgan fingerprint density at radius 2 is 2.10 bits per heavy atom. The summed E-state index contributed by atoms with van der Waals surface area (Å²) in [5, 5.41) is 4.00. The normalized spacial score (nSPS) is 41.0. The van der Waals surface area contributed by atoms with Crippen molar-refractivity contribution < 1.29 is 0 Å². The van der Waals surface area contributed by atoms with Gasteiger partial charge in [-0.3, -0.25) is 4.98 Å². The van der Waals surface area contributed by atoms with E-state index in [4.69, 9.17) is 0 Å². The van der Waals surface area contributed by atoms with Crippen molar-refractivity contribution >= 4 is 0 Å². The van der Waals surface area contributed by atoms with Crippen LogP contribution in [0.2, 0.25) is 0 Å². The predicted octanol–water partition coefficient (Wildman–Crippen LogP) is 3.87. The molecular formula is C18H26N2. The van der Waals surface area contributed by atoms with Crippen LogP contribution < -0.4 is 5.32 Å². The van der Waals surface area contributed by atoms with Gasteiger partial charge in [-0.25, -0.2) is 0 Å². The van der Waals surface area contributed by atoms with Crippen LogP contribution in [-0.2, 0) is 6.42 Å². The van der Waals surface area contributed by atoms with E-state index in [-0.39, 0.29) is 0 Å². The summed E-state index contributed by atoms with van der Waals surface area (Å²) in [5.74, 6) is 0.912. The van der Waals surface area contributed by atoms with Crippen LogP contribution >= 0.6 is 0 Å².